The Morgan fingerprint density at radius 3 is 2.47 bits per heavy atom. The highest BCUT2D eigenvalue weighted by atomic mass is 16.5. The van der Waals surface area contributed by atoms with Gasteiger partial charge in [0.05, 0.1) is 24.1 Å². The van der Waals surface area contributed by atoms with E-state index in [1.54, 1.807) is 12.2 Å². The topological polar surface area (TPSA) is 56.1 Å². The number of aromatic nitrogens is 2. The highest BCUT2D eigenvalue weighted by Crippen LogP contribution is 2.23. The number of carbonyl (C=O) groups is 1. The fourth-order valence-electron chi connectivity index (χ4n) is 3.74. The highest BCUT2D eigenvalue weighted by molar-refractivity contribution is 5.91. The second-order valence-electron chi connectivity index (χ2n) is 7.70. The van der Waals surface area contributed by atoms with Crippen molar-refractivity contribution in [2.24, 2.45) is 0 Å². The van der Waals surface area contributed by atoms with Crippen molar-refractivity contribution in [3.63, 3.8) is 0 Å². The maximum Gasteiger partial charge on any atom is 0.244 e. The number of aryl methyl sites for hydroxylation is 2. The van der Waals surface area contributed by atoms with Gasteiger partial charge in [-0.05, 0) is 48.7 Å². The van der Waals surface area contributed by atoms with Gasteiger partial charge in [-0.25, -0.2) is 4.98 Å². The van der Waals surface area contributed by atoms with E-state index in [9.17, 15) is 4.79 Å². The Morgan fingerprint density at radius 1 is 0.969 bits per heavy atom. The van der Waals surface area contributed by atoms with Crippen LogP contribution in [0.25, 0.3) is 17.1 Å². The molecule has 0 aliphatic carbocycles. The van der Waals surface area contributed by atoms with E-state index in [1.807, 2.05) is 60.7 Å². The molecule has 0 bridgehead atoms. The van der Waals surface area contributed by atoms with E-state index in [2.05, 4.69) is 35.9 Å². The molecule has 0 aliphatic rings. The van der Waals surface area contributed by atoms with Crippen molar-refractivity contribution >= 4 is 23.0 Å². The maximum atomic E-state index is 12.3. The Hall–Kier alpha value is -3.86. The van der Waals surface area contributed by atoms with Crippen LogP contribution in [0.2, 0.25) is 0 Å². The van der Waals surface area contributed by atoms with Crippen molar-refractivity contribution in [1.82, 2.24) is 14.9 Å². The number of nitrogens with zero attached hydrogens (tertiary/aromatic N) is 2. The van der Waals surface area contributed by atoms with Crippen molar-refractivity contribution in [1.29, 1.82) is 0 Å². The van der Waals surface area contributed by atoms with Crippen LogP contribution in [-0.4, -0.2) is 22.1 Å². The zero-order valence-corrected chi connectivity index (χ0v) is 18.4. The molecule has 4 rings (SSSR count). The second-order valence-corrected chi connectivity index (χ2v) is 7.70. The van der Waals surface area contributed by atoms with Crippen molar-refractivity contribution in [3.8, 4) is 5.75 Å². The van der Waals surface area contributed by atoms with E-state index in [-0.39, 0.29) is 5.91 Å². The van der Waals surface area contributed by atoms with Crippen molar-refractivity contribution < 1.29 is 9.53 Å². The lowest BCUT2D eigenvalue weighted by Gasteiger charge is -2.14. The molecule has 3 aromatic carbocycles. The summed E-state index contributed by atoms with van der Waals surface area (Å²) in [6.07, 6.45) is 3.35. The number of rotatable bonds is 8. The standard InChI is InChI=1S/C27H27N3O2/c1-20-9-8-10-21(2)27(20)32-18-17-30-24-14-7-6-13-23(24)29-25(30)19-28-26(31)16-15-22-11-4-3-5-12-22/h3-16H,17-19H2,1-2H3,(H,28,31)/b16-15-. The van der Waals surface area contributed by atoms with Gasteiger partial charge in [0.2, 0.25) is 5.91 Å². The first-order valence-corrected chi connectivity index (χ1v) is 10.8. The van der Waals surface area contributed by atoms with Gasteiger partial charge >= 0.3 is 0 Å². The van der Waals surface area contributed by atoms with Crippen LogP contribution < -0.4 is 10.1 Å². The molecule has 4 aromatic rings. The number of hydrogen-bond acceptors (Lipinski definition) is 3. The third-order valence-corrected chi connectivity index (χ3v) is 5.35. The van der Waals surface area contributed by atoms with Crippen LogP contribution in [-0.2, 0) is 17.9 Å². The minimum absolute atomic E-state index is 0.153. The quantitative estimate of drug-likeness (QED) is 0.402. The van der Waals surface area contributed by atoms with Gasteiger partial charge in [-0.15, -0.1) is 0 Å². The average molecular weight is 426 g/mol. The summed E-state index contributed by atoms with van der Waals surface area (Å²) >= 11 is 0. The number of carbonyl (C=O) groups excluding carboxylic acids is 1. The van der Waals surface area contributed by atoms with E-state index < -0.39 is 0 Å². The third kappa shape index (κ3) is 5.06. The SMILES string of the molecule is Cc1cccc(C)c1OCCn1c(CNC(=O)/C=C\c2ccccc2)nc2ccccc21. The van der Waals surface area contributed by atoms with Crippen molar-refractivity contribution in [2.75, 3.05) is 6.61 Å². The van der Waals surface area contributed by atoms with E-state index in [0.717, 1.165) is 39.3 Å². The molecule has 1 aromatic heterocycles. The van der Waals surface area contributed by atoms with Crippen molar-refractivity contribution in [3.05, 3.63) is 101 Å². The molecule has 0 spiro atoms. The number of ether oxygens (including phenoxy) is 1. The molecule has 0 fully saturated rings. The third-order valence-electron chi connectivity index (χ3n) is 5.35. The smallest absolute Gasteiger partial charge is 0.244 e. The number of para-hydroxylation sites is 3. The summed E-state index contributed by atoms with van der Waals surface area (Å²) in [5.41, 5.74) is 5.17. The van der Waals surface area contributed by atoms with E-state index in [0.29, 0.717) is 19.7 Å². The molecule has 5 nitrogen and oxygen atoms in total. The Morgan fingerprint density at radius 2 is 1.69 bits per heavy atom. The van der Waals surface area contributed by atoms with Gasteiger partial charge < -0.3 is 14.6 Å². The van der Waals surface area contributed by atoms with Crippen molar-refractivity contribution in [2.45, 2.75) is 26.9 Å². The van der Waals surface area contributed by atoms with Gasteiger partial charge in [0.1, 0.15) is 18.2 Å². The molecule has 162 valence electrons. The largest absolute Gasteiger partial charge is 0.491 e. The Labute approximate surface area is 188 Å². The molecule has 0 atom stereocenters. The van der Waals surface area contributed by atoms with Gasteiger partial charge in [0, 0.05) is 6.08 Å². The van der Waals surface area contributed by atoms with E-state index >= 15 is 0 Å². The Kier molecular flexibility index (Phi) is 6.66. The summed E-state index contributed by atoms with van der Waals surface area (Å²) in [5, 5.41) is 2.95. The van der Waals surface area contributed by atoms with Gasteiger partial charge in [-0.3, -0.25) is 4.79 Å². The van der Waals surface area contributed by atoms with Gasteiger partial charge in [-0.2, -0.15) is 0 Å². The monoisotopic (exact) mass is 425 g/mol. The minimum Gasteiger partial charge on any atom is -0.491 e. The second kappa shape index (κ2) is 9.96. The molecular weight excluding hydrogens is 398 g/mol. The first kappa shape index (κ1) is 21.4. The minimum atomic E-state index is -0.153. The van der Waals surface area contributed by atoms with Crippen LogP contribution in [0.1, 0.15) is 22.5 Å². The molecule has 0 unspecified atom stereocenters. The summed E-state index contributed by atoms with van der Waals surface area (Å²) in [6.45, 7) is 5.61. The molecule has 1 heterocycles. The number of hydrogen-bond donors (Lipinski definition) is 1. The summed E-state index contributed by atoms with van der Waals surface area (Å²) in [7, 11) is 0. The maximum absolute atomic E-state index is 12.3. The zero-order valence-electron chi connectivity index (χ0n) is 18.4. The van der Waals surface area contributed by atoms with Crippen LogP contribution in [0.5, 0.6) is 5.75 Å². The Bertz CT molecular complexity index is 1220. The lowest BCUT2D eigenvalue weighted by Crippen LogP contribution is -2.23. The predicted molar refractivity (Wildman–Crippen MR) is 128 cm³/mol. The van der Waals surface area contributed by atoms with Gasteiger partial charge in [0.25, 0.3) is 0 Å². The molecular formula is C27H27N3O2. The number of nitrogens with one attached hydrogen (secondary N) is 1. The summed E-state index contributed by atoms with van der Waals surface area (Å²) in [6, 6.07) is 23.9. The van der Waals surface area contributed by atoms with Crippen LogP contribution in [0.4, 0.5) is 0 Å². The highest BCUT2D eigenvalue weighted by Gasteiger charge is 2.12. The van der Waals surface area contributed by atoms with Crippen LogP contribution in [0.3, 0.4) is 0 Å². The average Bonchev–Trinajstić information content (AvgIpc) is 3.16. The van der Waals surface area contributed by atoms with Crippen LogP contribution in [0, 0.1) is 13.8 Å². The lowest BCUT2D eigenvalue weighted by atomic mass is 10.1. The Balaban J connectivity index is 1.45. The summed E-state index contributed by atoms with van der Waals surface area (Å²) in [4.78, 5) is 17.1. The van der Waals surface area contributed by atoms with Crippen LogP contribution in [0.15, 0.2) is 78.9 Å². The number of benzene rings is 3. The molecule has 32 heavy (non-hydrogen) atoms. The summed E-state index contributed by atoms with van der Waals surface area (Å²) < 4.78 is 8.23. The molecule has 0 radical (unpaired) electrons. The first-order chi connectivity index (χ1) is 15.6. The van der Waals surface area contributed by atoms with E-state index in [1.165, 1.54) is 0 Å². The zero-order chi connectivity index (χ0) is 22.3. The molecule has 0 aliphatic heterocycles. The molecule has 1 amide bonds. The fourth-order valence-corrected chi connectivity index (χ4v) is 3.74. The molecule has 1 N–H and O–H groups in total. The van der Waals surface area contributed by atoms with E-state index in [4.69, 9.17) is 9.72 Å². The molecule has 5 heteroatoms. The number of imidazole rings is 1. The van der Waals surface area contributed by atoms with Crippen LogP contribution >= 0.6 is 0 Å². The first-order valence-electron chi connectivity index (χ1n) is 10.8. The predicted octanol–water partition coefficient (Wildman–Crippen LogP) is 5.06. The lowest BCUT2D eigenvalue weighted by molar-refractivity contribution is -0.116. The molecule has 0 saturated heterocycles. The molecule has 0 saturated carbocycles. The normalized spacial score (nSPS) is 11.2. The van der Waals surface area contributed by atoms with Gasteiger partial charge in [0.15, 0.2) is 0 Å². The fraction of sp³-hybridized carbons (Fsp3) is 0.185. The number of fused-ring (bicyclic) bond motifs is 1. The van der Waals surface area contributed by atoms with Gasteiger partial charge in [-0.1, -0.05) is 60.7 Å². The summed E-state index contributed by atoms with van der Waals surface area (Å²) in [5.74, 6) is 1.58. The number of amides is 1.